The van der Waals surface area contributed by atoms with E-state index in [1.807, 2.05) is 12.3 Å². The Labute approximate surface area is 189 Å². The predicted octanol–water partition coefficient (Wildman–Crippen LogP) is 4.67. The van der Waals surface area contributed by atoms with Crippen molar-refractivity contribution in [1.82, 2.24) is 9.78 Å². The Morgan fingerprint density at radius 1 is 1.12 bits per heavy atom. The normalized spacial score (nSPS) is 15.7. The lowest BCUT2D eigenvalue weighted by Gasteiger charge is -2.36. The Bertz CT molecular complexity index is 1080. The number of rotatable bonds is 7. The van der Waals surface area contributed by atoms with Crippen LogP contribution in [-0.4, -0.2) is 35.5 Å². The summed E-state index contributed by atoms with van der Waals surface area (Å²) in [6.45, 7) is 1.55. The maximum Gasteiger partial charge on any atom is 0.416 e. The first-order valence-corrected chi connectivity index (χ1v) is 10.6. The highest BCUT2D eigenvalue weighted by molar-refractivity contribution is 5.99. The molecule has 0 aliphatic carbocycles. The van der Waals surface area contributed by atoms with Crippen LogP contribution in [0.4, 0.5) is 18.9 Å². The molecule has 0 atom stereocenters. The zero-order chi connectivity index (χ0) is 23.3. The molecule has 1 amide bonds. The molecule has 0 spiro atoms. The minimum atomic E-state index is -4.49. The molecule has 1 aliphatic heterocycles. The molecule has 0 radical (unpaired) electrons. The lowest BCUT2D eigenvalue weighted by molar-refractivity contribution is -0.138. The van der Waals surface area contributed by atoms with Gasteiger partial charge in [-0.15, -0.1) is 0 Å². The lowest BCUT2D eigenvalue weighted by Crippen LogP contribution is -2.45. The monoisotopic (exact) mass is 459 g/mol. The van der Waals surface area contributed by atoms with E-state index in [1.54, 1.807) is 41.2 Å². The van der Waals surface area contributed by atoms with Crippen molar-refractivity contribution in [2.24, 2.45) is 0 Å². The van der Waals surface area contributed by atoms with Crippen LogP contribution in [0.2, 0.25) is 0 Å². The van der Waals surface area contributed by atoms with Crippen molar-refractivity contribution in [3.63, 3.8) is 0 Å². The van der Waals surface area contributed by atoms with E-state index < -0.39 is 17.2 Å². The number of nitrogens with zero attached hydrogens (tertiary/aromatic N) is 2. The van der Waals surface area contributed by atoms with Crippen molar-refractivity contribution < 1.29 is 27.4 Å². The van der Waals surface area contributed by atoms with E-state index in [2.05, 4.69) is 10.4 Å². The molecule has 0 saturated carbocycles. The number of carbonyl (C=O) groups excluding carboxylic acids is 1. The molecule has 0 bridgehead atoms. The first-order chi connectivity index (χ1) is 15.9. The van der Waals surface area contributed by atoms with Crippen LogP contribution in [0.1, 0.15) is 24.0 Å². The summed E-state index contributed by atoms with van der Waals surface area (Å²) < 4.78 is 52.8. The minimum Gasteiger partial charge on any atom is -0.492 e. The topological polar surface area (TPSA) is 65.4 Å². The SMILES string of the molecule is O=C(Nc1cccc(OCCn2cccn2)c1)C1(c2cccc(C(F)(F)F)c2)CCOCC1. The molecule has 0 unspecified atom stereocenters. The largest absolute Gasteiger partial charge is 0.492 e. The Morgan fingerprint density at radius 3 is 2.64 bits per heavy atom. The Kier molecular flexibility index (Phi) is 6.69. The summed E-state index contributed by atoms with van der Waals surface area (Å²) in [5, 5.41) is 6.99. The molecule has 1 saturated heterocycles. The Morgan fingerprint density at radius 2 is 1.91 bits per heavy atom. The summed E-state index contributed by atoms with van der Waals surface area (Å²) in [6, 6.07) is 13.8. The molecule has 1 aliphatic rings. The predicted molar refractivity (Wildman–Crippen MR) is 116 cm³/mol. The zero-order valence-corrected chi connectivity index (χ0v) is 17.8. The smallest absolute Gasteiger partial charge is 0.416 e. The van der Waals surface area contributed by atoms with E-state index in [1.165, 1.54) is 6.07 Å². The second-order valence-corrected chi connectivity index (χ2v) is 7.87. The van der Waals surface area contributed by atoms with Crippen molar-refractivity contribution in [3.05, 3.63) is 78.1 Å². The number of aromatic nitrogens is 2. The molecule has 1 N–H and O–H groups in total. The average Bonchev–Trinajstić information content (AvgIpc) is 3.33. The van der Waals surface area contributed by atoms with Gasteiger partial charge in [-0.25, -0.2) is 0 Å². The Balaban J connectivity index is 1.51. The fourth-order valence-corrected chi connectivity index (χ4v) is 3.96. The maximum atomic E-state index is 13.4. The van der Waals surface area contributed by atoms with Gasteiger partial charge in [0.25, 0.3) is 0 Å². The molecule has 1 aromatic heterocycles. The van der Waals surface area contributed by atoms with Crippen molar-refractivity contribution in [2.45, 2.75) is 31.0 Å². The number of anilines is 1. The van der Waals surface area contributed by atoms with Gasteiger partial charge in [-0.1, -0.05) is 24.3 Å². The molecule has 9 heteroatoms. The number of alkyl halides is 3. The van der Waals surface area contributed by atoms with Crippen molar-refractivity contribution in [1.29, 1.82) is 0 Å². The average molecular weight is 459 g/mol. The molecular formula is C24H24F3N3O3. The van der Waals surface area contributed by atoms with Crippen molar-refractivity contribution in [3.8, 4) is 5.75 Å². The third-order valence-electron chi connectivity index (χ3n) is 5.76. The van der Waals surface area contributed by atoms with Gasteiger partial charge in [0.2, 0.25) is 5.91 Å². The van der Waals surface area contributed by atoms with Gasteiger partial charge in [0, 0.05) is 37.4 Å². The fraction of sp³-hybridized carbons (Fsp3) is 0.333. The number of ether oxygens (including phenoxy) is 2. The molecular weight excluding hydrogens is 435 g/mol. The first-order valence-electron chi connectivity index (χ1n) is 10.6. The number of carbonyl (C=O) groups is 1. The zero-order valence-electron chi connectivity index (χ0n) is 17.8. The van der Waals surface area contributed by atoms with Crippen LogP contribution in [0.15, 0.2) is 67.0 Å². The van der Waals surface area contributed by atoms with Crippen LogP contribution in [-0.2, 0) is 27.7 Å². The molecule has 1 fully saturated rings. The minimum absolute atomic E-state index is 0.292. The van der Waals surface area contributed by atoms with E-state index in [9.17, 15) is 18.0 Å². The summed E-state index contributed by atoms with van der Waals surface area (Å²) in [5.74, 6) is 0.207. The van der Waals surface area contributed by atoms with Gasteiger partial charge in [-0.05, 0) is 42.7 Å². The van der Waals surface area contributed by atoms with Crippen LogP contribution in [0.3, 0.4) is 0 Å². The molecule has 6 nitrogen and oxygen atoms in total. The highest BCUT2D eigenvalue weighted by Crippen LogP contribution is 2.39. The number of hydrogen-bond donors (Lipinski definition) is 1. The van der Waals surface area contributed by atoms with E-state index in [4.69, 9.17) is 9.47 Å². The molecule has 3 aromatic rings. The van der Waals surface area contributed by atoms with Gasteiger partial charge in [0.1, 0.15) is 12.4 Å². The molecule has 2 aromatic carbocycles. The summed E-state index contributed by atoms with van der Waals surface area (Å²) in [4.78, 5) is 13.4. The highest BCUT2D eigenvalue weighted by atomic mass is 19.4. The molecule has 174 valence electrons. The Hall–Kier alpha value is -3.33. The maximum absolute atomic E-state index is 13.4. The van der Waals surface area contributed by atoms with Crippen LogP contribution < -0.4 is 10.1 Å². The van der Waals surface area contributed by atoms with Gasteiger partial charge < -0.3 is 14.8 Å². The number of amides is 1. The standard InChI is InChI=1S/C24H24F3N3O3/c25-24(26,27)19-5-1-4-18(16-19)23(8-13-32-14-9-23)22(31)29-20-6-2-7-21(17-20)33-15-12-30-11-3-10-28-30/h1-7,10-11,16-17H,8-9,12-15H2,(H,29,31). The van der Waals surface area contributed by atoms with Gasteiger partial charge >= 0.3 is 6.18 Å². The molecule has 4 rings (SSSR count). The highest BCUT2D eigenvalue weighted by Gasteiger charge is 2.43. The first kappa shape index (κ1) is 22.8. The van der Waals surface area contributed by atoms with E-state index >= 15 is 0 Å². The van der Waals surface area contributed by atoms with Crippen LogP contribution in [0.5, 0.6) is 5.75 Å². The van der Waals surface area contributed by atoms with E-state index in [0.717, 1.165) is 12.1 Å². The lowest BCUT2D eigenvalue weighted by atomic mass is 9.73. The van der Waals surface area contributed by atoms with Crippen LogP contribution in [0.25, 0.3) is 0 Å². The van der Waals surface area contributed by atoms with Crippen molar-refractivity contribution >= 4 is 11.6 Å². The number of halogens is 3. The van der Waals surface area contributed by atoms with E-state index in [0.29, 0.717) is 56.2 Å². The number of hydrogen-bond acceptors (Lipinski definition) is 4. The van der Waals surface area contributed by atoms with E-state index in [-0.39, 0.29) is 5.91 Å². The molecule has 33 heavy (non-hydrogen) atoms. The summed E-state index contributed by atoms with van der Waals surface area (Å²) in [5.41, 5.74) is -1.04. The van der Waals surface area contributed by atoms with Gasteiger partial charge in [-0.2, -0.15) is 18.3 Å². The summed E-state index contributed by atoms with van der Waals surface area (Å²) in [6.07, 6.45) is -0.380. The second kappa shape index (κ2) is 9.66. The molecule has 2 heterocycles. The van der Waals surface area contributed by atoms with Gasteiger partial charge in [0.15, 0.2) is 0 Å². The van der Waals surface area contributed by atoms with Crippen LogP contribution >= 0.6 is 0 Å². The third-order valence-corrected chi connectivity index (χ3v) is 5.76. The fourth-order valence-electron chi connectivity index (χ4n) is 3.96. The summed E-state index contributed by atoms with van der Waals surface area (Å²) >= 11 is 0. The third kappa shape index (κ3) is 5.36. The van der Waals surface area contributed by atoms with Crippen molar-refractivity contribution in [2.75, 3.05) is 25.1 Å². The number of nitrogens with one attached hydrogen (secondary N) is 1. The summed E-state index contributed by atoms with van der Waals surface area (Å²) in [7, 11) is 0. The van der Waals surface area contributed by atoms with Crippen LogP contribution in [0, 0.1) is 0 Å². The number of benzene rings is 2. The van der Waals surface area contributed by atoms with Gasteiger partial charge in [0.05, 0.1) is 17.5 Å². The quantitative estimate of drug-likeness (QED) is 0.558. The van der Waals surface area contributed by atoms with Gasteiger partial charge in [-0.3, -0.25) is 9.48 Å². The second-order valence-electron chi connectivity index (χ2n) is 7.87.